The second kappa shape index (κ2) is 6.10. The molecule has 0 spiro atoms. The predicted octanol–water partition coefficient (Wildman–Crippen LogP) is 2.91. The monoisotopic (exact) mass is 280 g/mol. The van der Waals surface area contributed by atoms with Crippen LogP contribution in [0.25, 0.3) is 0 Å². The van der Waals surface area contributed by atoms with Crippen LogP contribution in [0.1, 0.15) is 43.4 Å². The van der Waals surface area contributed by atoms with Gasteiger partial charge in [0.25, 0.3) is 0 Å². The molecule has 1 aliphatic rings. The molecule has 112 valence electrons. The van der Waals surface area contributed by atoms with Crippen LogP contribution in [-0.4, -0.2) is 32.1 Å². The predicted molar refractivity (Wildman–Crippen MR) is 79.6 cm³/mol. The maximum absolute atomic E-state index is 14.1. The second-order valence-electron chi connectivity index (χ2n) is 6.06. The zero-order valence-corrected chi connectivity index (χ0v) is 12.8. The van der Waals surface area contributed by atoms with Gasteiger partial charge in [0.1, 0.15) is 11.6 Å². The van der Waals surface area contributed by atoms with Crippen molar-refractivity contribution in [1.29, 1.82) is 0 Å². The van der Waals surface area contributed by atoms with Crippen LogP contribution in [0.3, 0.4) is 0 Å². The lowest BCUT2D eigenvalue weighted by atomic mass is 9.93. The number of nitrogens with zero attached hydrogens (tertiary/aromatic N) is 1. The largest absolute Gasteiger partial charge is 0.496 e. The highest BCUT2D eigenvalue weighted by molar-refractivity contribution is 5.42. The van der Waals surface area contributed by atoms with Crippen molar-refractivity contribution >= 4 is 0 Å². The molecule has 0 aromatic heterocycles. The molecule has 1 heterocycles. The zero-order chi connectivity index (χ0) is 14.9. The Balaban J connectivity index is 2.41. The van der Waals surface area contributed by atoms with Crippen LogP contribution in [0.2, 0.25) is 0 Å². The lowest BCUT2D eigenvalue weighted by Gasteiger charge is -2.23. The summed E-state index contributed by atoms with van der Waals surface area (Å²) in [6.45, 7) is 5.70. The number of ether oxygens (including phenoxy) is 1. The Morgan fingerprint density at radius 2 is 2.15 bits per heavy atom. The molecule has 1 fully saturated rings. The molecule has 1 aliphatic heterocycles. The van der Waals surface area contributed by atoms with Gasteiger partial charge in [-0.1, -0.05) is 13.8 Å². The van der Waals surface area contributed by atoms with Crippen LogP contribution in [0.15, 0.2) is 12.1 Å². The SMILES string of the molecule is COc1cc(F)c(C(C)C)cc1C1CC(CN)CN1C. The second-order valence-corrected chi connectivity index (χ2v) is 6.06. The van der Waals surface area contributed by atoms with Gasteiger partial charge in [0.2, 0.25) is 0 Å². The van der Waals surface area contributed by atoms with Gasteiger partial charge in [-0.05, 0) is 43.5 Å². The molecule has 2 unspecified atom stereocenters. The number of hydrogen-bond donors (Lipinski definition) is 1. The van der Waals surface area contributed by atoms with Gasteiger partial charge >= 0.3 is 0 Å². The van der Waals surface area contributed by atoms with Gasteiger partial charge in [0.05, 0.1) is 7.11 Å². The fraction of sp³-hybridized carbons (Fsp3) is 0.625. The van der Waals surface area contributed by atoms with Crippen molar-refractivity contribution < 1.29 is 9.13 Å². The summed E-state index contributed by atoms with van der Waals surface area (Å²) in [7, 11) is 3.70. The summed E-state index contributed by atoms with van der Waals surface area (Å²) >= 11 is 0. The van der Waals surface area contributed by atoms with Crippen LogP contribution in [0.5, 0.6) is 5.75 Å². The van der Waals surface area contributed by atoms with E-state index in [0.29, 0.717) is 18.2 Å². The molecule has 3 nitrogen and oxygen atoms in total. The van der Waals surface area contributed by atoms with Crippen LogP contribution in [-0.2, 0) is 0 Å². The Morgan fingerprint density at radius 1 is 1.45 bits per heavy atom. The molecule has 2 rings (SSSR count). The van der Waals surface area contributed by atoms with Gasteiger partial charge < -0.3 is 10.5 Å². The normalized spacial score (nSPS) is 23.6. The van der Waals surface area contributed by atoms with E-state index in [1.807, 2.05) is 19.9 Å². The summed E-state index contributed by atoms with van der Waals surface area (Å²) in [6.07, 6.45) is 1.01. The van der Waals surface area contributed by atoms with E-state index >= 15 is 0 Å². The molecule has 0 radical (unpaired) electrons. The minimum Gasteiger partial charge on any atom is -0.496 e. The van der Waals surface area contributed by atoms with Crippen molar-refractivity contribution in [3.05, 3.63) is 29.1 Å². The molecule has 2 N–H and O–H groups in total. The Labute approximate surface area is 120 Å². The fourth-order valence-electron chi connectivity index (χ4n) is 3.11. The summed E-state index contributed by atoms with van der Waals surface area (Å²) in [5, 5.41) is 0. The zero-order valence-electron chi connectivity index (χ0n) is 12.8. The summed E-state index contributed by atoms with van der Waals surface area (Å²) < 4.78 is 19.5. The average Bonchev–Trinajstić information content (AvgIpc) is 2.79. The first-order valence-corrected chi connectivity index (χ1v) is 7.25. The fourth-order valence-corrected chi connectivity index (χ4v) is 3.11. The van der Waals surface area contributed by atoms with Crippen molar-refractivity contribution in [2.24, 2.45) is 11.7 Å². The minimum absolute atomic E-state index is 0.164. The van der Waals surface area contributed by atoms with Crippen molar-refractivity contribution in [3.63, 3.8) is 0 Å². The van der Waals surface area contributed by atoms with Crippen LogP contribution in [0, 0.1) is 11.7 Å². The first kappa shape index (κ1) is 15.3. The van der Waals surface area contributed by atoms with Crippen LogP contribution in [0.4, 0.5) is 4.39 Å². The van der Waals surface area contributed by atoms with E-state index in [-0.39, 0.29) is 17.8 Å². The van der Waals surface area contributed by atoms with Crippen molar-refractivity contribution in [2.75, 3.05) is 27.2 Å². The number of likely N-dealkylation sites (tertiary alicyclic amines) is 1. The molecule has 1 aromatic carbocycles. The Bertz CT molecular complexity index is 476. The molecular formula is C16H25FN2O. The van der Waals surface area contributed by atoms with Gasteiger partial charge in [-0.3, -0.25) is 4.90 Å². The maximum atomic E-state index is 14.1. The summed E-state index contributed by atoms with van der Waals surface area (Å²) in [5.74, 6) is 1.12. The smallest absolute Gasteiger partial charge is 0.130 e. The highest BCUT2D eigenvalue weighted by Gasteiger charge is 2.32. The summed E-state index contributed by atoms with van der Waals surface area (Å²) in [4.78, 5) is 2.29. The molecule has 1 aromatic rings. The minimum atomic E-state index is -0.184. The van der Waals surface area contributed by atoms with E-state index in [9.17, 15) is 4.39 Å². The third kappa shape index (κ3) is 2.81. The highest BCUT2D eigenvalue weighted by Crippen LogP contribution is 2.40. The van der Waals surface area contributed by atoms with E-state index in [1.54, 1.807) is 7.11 Å². The van der Waals surface area contributed by atoms with Gasteiger partial charge in [-0.25, -0.2) is 4.39 Å². The lowest BCUT2D eigenvalue weighted by molar-refractivity contribution is 0.302. The molecule has 4 heteroatoms. The number of hydrogen-bond acceptors (Lipinski definition) is 3. The molecule has 1 saturated heterocycles. The standard InChI is InChI=1S/C16H25FN2O/c1-10(2)12-6-13(16(20-4)7-14(12)17)15-5-11(8-18)9-19(15)3/h6-7,10-11,15H,5,8-9,18H2,1-4H3. The van der Waals surface area contributed by atoms with E-state index in [1.165, 1.54) is 6.07 Å². The lowest BCUT2D eigenvalue weighted by Crippen LogP contribution is -2.21. The summed E-state index contributed by atoms with van der Waals surface area (Å²) in [5.41, 5.74) is 7.63. The topological polar surface area (TPSA) is 38.5 Å². The van der Waals surface area contributed by atoms with Crippen molar-refractivity contribution in [3.8, 4) is 5.75 Å². The number of nitrogens with two attached hydrogens (primary N) is 1. The third-order valence-corrected chi connectivity index (χ3v) is 4.30. The highest BCUT2D eigenvalue weighted by atomic mass is 19.1. The van der Waals surface area contributed by atoms with E-state index in [4.69, 9.17) is 10.5 Å². The van der Waals surface area contributed by atoms with Gasteiger partial charge in [0, 0.05) is 24.2 Å². The molecule has 0 aliphatic carbocycles. The molecule has 0 saturated carbocycles. The third-order valence-electron chi connectivity index (χ3n) is 4.30. The number of halogens is 1. The van der Waals surface area contributed by atoms with Gasteiger partial charge in [-0.15, -0.1) is 0 Å². The van der Waals surface area contributed by atoms with E-state index in [2.05, 4.69) is 11.9 Å². The first-order valence-electron chi connectivity index (χ1n) is 7.25. The van der Waals surface area contributed by atoms with Gasteiger partial charge in [-0.2, -0.15) is 0 Å². The van der Waals surface area contributed by atoms with Gasteiger partial charge in [0.15, 0.2) is 0 Å². The number of benzene rings is 1. The number of methoxy groups -OCH3 is 1. The van der Waals surface area contributed by atoms with Crippen LogP contribution < -0.4 is 10.5 Å². The van der Waals surface area contributed by atoms with E-state index < -0.39 is 0 Å². The maximum Gasteiger partial charge on any atom is 0.130 e. The molecule has 0 amide bonds. The Morgan fingerprint density at radius 3 is 2.65 bits per heavy atom. The Kier molecular flexibility index (Phi) is 4.66. The first-order chi connectivity index (χ1) is 9.47. The van der Waals surface area contributed by atoms with E-state index in [0.717, 1.165) is 24.1 Å². The summed E-state index contributed by atoms with van der Waals surface area (Å²) in [6, 6.07) is 3.75. The molecule has 2 atom stereocenters. The molecule has 20 heavy (non-hydrogen) atoms. The van der Waals surface area contributed by atoms with Crippen LogP contribution >= 0.6 is 0 Å². The average molecular weight is 280 g/mol. The number of rotatable bonds is 4. The molecular weight excluding hydrogens is 255 g/mol. The molecule has 0 bridgehead atoms. The quantitative estimate of drug-likeness (QED) is 0.921. The Hall–Kier alpha value is -1.13. The van der Waals surface area contributed by atoms with Crippen molar-refractivity contribution in [1.82, 2.24) is 4.90 Å². The van der Waals surface area contributed by atoms with Crippen molar-refractivity contribution in [2.45, 2.75) is 32.2 Å².